The Labute approximate surface area is 212 Å². The van der Waals surface area contributed by atoms with E-state index in [-0.39, 0.29) is 33.5 Å². The van der Waals surface area contributed by atoms with E-state index >= 15 is 0 Å². The van der Waals surface area contributed by atoms with Crippen molar-refractivity contribution in [2.45, 2.75) is 99.5 Å². The van der Waals surface area contributed by atoms with Crippen LogP contribution in [0.15, 0.2) is 35.5 Å². The van der Waals surface area contributed by atoms with Crippen LogP contribution in [0, 0.1) is 45.3 Å². The van der Waals surface area contributed by atoms with Crippen LogP contribution in [0.2, 0.25) is 0 Å². The van der Waals surface area contributed by atoms with Crippen molar-refractivity contribution in [1.82, 2.24) is 0 Å². The molecule has 0 spiro atoms. The van der Waals surface area contributed by atoms with E-state index in [0.29, 0.717) is 37.4 Å². The molecule has 0 bridgehead atoms. The SMILES string of the molecule is C=C(CCC(C(=O)O)C1C(O)CC2(C)C3=CCC4C(C)(C)C(=O)CCC4(C)C3=CCC12C)C(C)C. The second kappa shape index (κ2) is 8.43. The molecule has 0 radical (unpaired) electrons. The summed E-state index contributed by atoms with van der Waals surface area (Å²) in [4.78, 5) is 25.4. The van der Waals surface area contributed by atoms with E-state index in [1.54, 1.807) is 0 Å². The molecule has 2 saturated carbocycles. The van der Waals surface area contributed by atoms with Crippen molar-refractivity contribution in [3.05, 3.63) is 35.5 Å². The number of carboxylic acids is 1. The molecule has 0 amide bonds. The van der Waals surface area contributed by atoms with E-state index < -0.39 is 18.0 Å². The Morgan fingerprint density at radius 1 is 1.14 bits per heavy atom. The molecule has 4 aliphatic carbocycles. The van der Waals surface area contributed by atoms with E-state index in [9.17, 15) is 19.8 Å². The number of carboxylic acid groups (broad SMARTS) is 1. The molecule has 4 nitrogen and oxygen atoms in total. The molecule has 0 aromatic carbocycles. The summed E-state index contributed by atoms with van der Waals surface area (Å²) in [7, 11) is 0. The molecule has 2 N–H and O–H groups in total. The summed E-state index contributed by atoms with van der Waals surface area (Å²) in [5.41, 5.74) is 2.72. The number of ketones is 1. The number of Topliss-reactive ketones (excluding diaryl/α,β-unsaturated/α-hetero) is 1. The number of hydrogen-bond donors (Lipinski definition) is 2. The fourth-order valence-corrected chi connectivity index (χ4v) is 8.72. The van der Waals surface area contributed by atoms with Crippen molar-refractivity contribution in [3.63, 3.8) is 0 Å². The lowest BCUT2D eigenvalue weighted by Gasteiger charge is -2.59. The molecular weight excluding hydrogens is 436 g/mol. The van der Waals surface area contributed by atoms with Gasteiger partial charge in [0.15, 0.2) is 0 Å². The van der Waals surface area contributed by atoms with Gasteiger partial charge in [-0.05, 0) is 72.3 Å². The van der Waals surface area contributed by atoms with Gasteiger partial charge in [-0.15, -0.1) is 0 Å². The highest BCUT2D eigenvalue weighted by molar-refractivity contribution is 5.86. The minimum absolute atomic E-state index is 0.0594. The van der Waals surface area contributed by atoms with Gasteiger partial charge in [0.25, 0.3) is 0 Å². The smallest absolute Gasteiger partial charge is 0.306 e. The minimum Gasteiger partial charge on any atom is -0.481 e. The number of aliphatic hydroxyl groups excluding tert-OH is 1. The predicted octanol–water partition coefficient (Wildman–Crippen LogP) is 6.74. The van der Waals surface area contributed by atoms with Crippen LogP contribution in [0.1, 0.15) is 93.4 Å². The van der Waals surface area contributed by atoms with Crippen LogP contribution >= 0.6 is 0 Å². The molecule has 4 rings (SSSR count). The van der Waals surface area contributed by atoms with Crippen LogP contribution in [0.4, 0.5) is 0 Å². The summed E-state index contributed by atoms with van der Waals surface area (Å²) in [6.45, 7) is 19.4. The average Bonchev–Trinajstić information content (AvgIpc) is 2.97. The number of carbonyl (C=O) groups excluding carboxylic acids is 1. The maximum Gasteiger partial charge on any atom is 0.306 e. The topological polar surface area (TPSA) is 74.6 Å². The Bertz CT molecular complexity index is 999. The van der Waals surface area contributed by atoms with Crippen LogP contribution in [-0.4, -0.2) is 28.1 Å². The Hall–Kier alpha value is -1.68. The zero-order valence-corrected chi connectivity index (χ0v) is 22.9. The summed E-state index contributed by atoms with van der Waals surface area (Å²) in [5, 5.41) is 21.8. The third-order valence-electron chi connectivity index (χ3n) is 11.4. The maximum absolute atomic E-state index is 12.8. The fraction of sp³-hybridized carbons (Fsp3) is 0.742. The van der Waals surface area contributed by atoms with Crippen LogP contribution in [0.25, 0.3) is 0 Å². The van der Waals surface area contributed by atoms with Gasteiger partial charge in [-0.1, -0.05) is 72.8 Å². The number of aliphatic hydroxyl groups is 1. The van der Waals surface area contributed by atoms with Crippen LogP contribution in [0.3, 0.4) is 0 Å². The fourth-order valence-electron chi connectivity index (χ4n) is 8.72. The predicted molar refractivity (Wildman–Crippen MR) is 140 cm³/mol. The number of carbonyl (C=O) groups is 2. The van der Waals surface area contributed by atoms with Crippen molar-refractivity contribution in [3.8, 4) is 0 Å². The summed E-state index contributed by atoms with van der Waals surface area (Å²) in [6.07, 6.45) is 8.97. The van der Waals surface area contributed by atoms with E-state index in [1.807, 2.05) is 0 Å². The molecule has 4 heteroatoms. The lowest BCUT2D eigenvalue weighted by atomic mass is 9.44. The van der Waals surface area contributed by atoms with Gasteiger partial charge in [0.2, 0.25) is 0 Å². The number of aliphatic carboxylic acids is 1. The molecule has 0 heterocycles. The average molecular weight is 483 g/mol. The summed E-state index contributed by atoms with van der Waals surface area (Å²) in [6, 6.07) is 0. The van der Waals surface area contributed by atoms with Gasteiger partial charge in [0.1, 0.15) is 5.78 Å². The van der Waals surface area contributed by atoms with Crippen molar-refractivity contribution in [2.75, 3.05) is 0 Å². The van der Waals surface area contributed by atoms with Gasteiger partial charge in [-0.2, -0.15) is 0 Å². The monoisotopic (exact) mass is 482 g/mol. The van der Waals surface area contributed by atoms with E-state index in [4.69, 9.17) is 0 Å². The maximum atomic E-state index is 12.8. The van der Waals surface area contributed by atoms with Gasteiger partial charge in [0.05, 0.1) is 12.0 Å². The lowest BCUT2D eigenvalue weighted by molar-refractivity contribution is -0.148. The standard InChI is InChI=1S/C31H46O4/c1-18(2)19(3)9-10-20(27(34)35)26-23(32)17-31(8)22-11-12-24-28(4,5)25(33)14-15-29(24,6)21(22)13-16-30(26,31)7/h11,13,18,20,23-24,26,32H,3,9-10,12,14-17H2,1-2,4-8H3,(H,34,35). The van der Waals surface area contributed by atoms with Gasteiger partial charge >= 0.3 is 5.97 Å². The normalized spacial score (nSPS) is 40.8. The zero-order chi connectivity index (χ0) is 26.1. The van der Waals surface area contributed by atoms with Crippen LogP contribution in [-0.2, 0) is 9.59 Å². The zero-order valence-electron chi connectivity index (χ0n) is 22.9. The first-order valence-corrected chi connectivity index (χ1v) is 13.6. The Morgan fingerprint density at radius 2 is 1.80 bits per heavy atom. The lowest BCUT2D eigenvalue weighted by Crippen LogP contribution is -2.53. The first-order chi connectivity index (χ1) is 16.1. The molecule has 0 aromatic rings. The van der Waals surface area contributed by atoms with Crippen LogP contribution in [0.5, 0.6) is 0 Å². The van der Waals surface area contributed by atoms with Gasteiger partial charge < -0.3 is 10.2 Å². The van der Waals surface area contributed by atoms with Gasteiger partial charge in [-0.25, -0.2) is 0 Å². The second-order valence-electron chi connectivity index (χ2n) is 13.6. The van der Waals surface area contributed by atoms with E-state index in [0.717, 1.165) is 24.8 Å². The Morgan fingerprint density at radius 3 is 2.40 bits per heavy atom. The molecule has 7 unspecified atom stereocenters. The second-order valence-corrected chi connectivity index (χ2v) is 13.6. The quantitative estimate of drug-likeness (QED) is 0.411. The van der Waals surface area contributed by atoms with Crippen molar-refractivity contribution in [1.29, 1.82) is 0 Å². The molecule has 0 aromatic heterocycles. The largest absolute Gasteiger partial charge is 0.481 e. The number of fused-ring (bicyclic) bond motifs is 5. The van der Waals surface area contributed by atoms with Gasteiger partial charge in [0, 0.05) is 23.2 Å². The Kier molecular flexibility index (Phi) is 6.36. The van der Waals surface area contributed by atoms with Crippen molar-refractivity contribution < 1.29 is 19.8 Å². The summed E-state index contributed by atoms with van der Waals surface area (Å²) in [5.74, 6) is -0.739. The molecule has 4 aliphatic rings. The highest BCUT2D eigenvalue weighted by atomic mass is 16.4. The van der Waals surface area contributed by atoms with E-state index in [2.05, 4.69) is 67.2 Å². The molecule has 35 heavy (non-hydrogen) atoms. The molecule has 0 saturated heterocycles. The van der Waals surface area contributed by atoms with Crippen molar-refractivity contribution >= 4 is 11.8 Å². The highest BCUT2D eigenvalue weighted by Crippen LogP contribution is 2.71. The number of hydrogen-bond acceptors (Lipinski definition) is 3. The molecule has 2 fully saturated rings. The number of allylic oxidation sites excluding steroid dienone is 5. The Balaban J connectivity index is 1.73. The van der Waals surface area contributed by atoms with E-state index in [1.165, 1.54) is 11.1 Å². The molecule has 7 atom stereocenters. The third kappa shape index (κ3) is 3.64. The molecule has 0 aliphatic heterocycles. The minimum atomic E-state index is -0.803. The first-order valence-electron chi connectivity index (χ1n) is 13.6. The number of rotatable bonds is 6. The summed E-state index contributed by atoms with van der Waals surface area (Å²) < 4.78 is 0. The van der Waals surface area contributed by atoms with Crippen molar-refractivity contribution in [2.24, 2.45) is 45.3 Å². The van der Waals surface area contributed by atoms with Crippen LogP contribution < -0.4 is 0 Å². The first kappa shape index (κ1) is 26.4. The molecule has 194 valence electrons. The van der Waals surface area contributed by atoms with Gasteiger partial charge in [-0.3, -0.25) is 9.59 Å². The highest BCUT2D eigenvalue weighted by Gasteiger charge is 2.66. The third-order valence-corrected chi connectivity index (χ3v) is 11.4. The summed E-state index contributed by atoms with van der Waals surface area (Å²) >= 11 is 0. The molecular formula is C31H46O4.